The van der Waals surface area contributed by atoms with Gasteiger partial charge in [0.25, 0.3) is 5.91 Å². The second kappa shape index (κ2) is 9.90. The molecule has 0 fully saturated rings. The highest BCUT2D eigenvalue weighted by Crippen LogP contribution is 2.37. The van der Waals surface area contributed by atoms with E-state index in [4.69, 9.17) is 28.3 Å². The lowest BCUT2D eigenvalue weighted by molar-refractivity contribution is 0.0956. The molecule has 1 aliphatic carbocycles. The van der Waals surface area contributed by atoms with Gasteiger partial charge in [0, 0.05) is 23.0 Å². The van der Waals surface area contributed by atoms with Crippen LogP contribution in [0, 0.1) is 5.82 Å². The predicted octanol–water partition coefficient (Wildman–Crippen LogP) is 6.35. The lowest BCUT2D eigenvalue weighted by Gasteiger charge is -2.19. The highest BCUT2D eigenvalue weighted by Gasteiger charge is 2.29. The fraction of sp³-hybridized carbons (Fsp3) is 0.115. The molecule has 9 heteroatoms. The van der Waals surface area contributed by atoms with E-state index < -0.39 is 0 Å². The highest BCUT2D eigenvalue weighted by molar-refractivity contribution is 6.35. The van der Waals surface area contributed by atoms with Crippen LogP contribution in [0.4, 0.5) is 10.1 Å². The number of hydrazine groups is 1. The number of fused-ring (bicyclic) bond motifs is 1. The number of carbonyl (C=O) groups is 1. The van der Waals surface area contributed by atoms with Crippen LogP contribution >= 0.6 is 23.2 Å². The van der Waals surface area contributed by atoms with E-state index in [-0.39, 0.29) is 11.7 Å². The molecule has 5 rings (SSSR count). The van der Waals surface area contributed by atoms with Crippen LogP contribution in [-0.2, 0) is 6.42 Å². The van der Waals surface area contributed by atoms with Crippen LogP contribution in [0.1, 0.15) is 40.2 Å². The minimum absolute atomic E-state index is 0.296. The summed E-state index contributed by atoms with van der Waals surface area (Å²) in [6.45, 7) is 0. The van der Waals surface area contributed by atoms with Gasteiger partial charge in [-0.2, -0.15) is 5.10 Å². The smallest absolute Gasteiger partial charge is 0.290 e. The first-order chi connectivity index (χ1) is 17.0. The Morgan fingerprint density at radius 3 is 2.54 bits per heavy atom. The fourth-order valence-corrected chi connectivity index (χ4v) is 4.61. The number of carbonyl (C=O) groups excluding carboxylic acids is 1. The second-order valence-corrected chi connectivity index (χ2v) is 8.92. The summed E-state index contributed by atoms with van der Waals surface area (Å²) in [5, 5.41) is 5.61. The summed E-state index contributed by atoms with van der Waals surface area (Å²) in [7, 11) is 0. The standard InChI is InChI=1S/C26H20Cl2FN5O/c27-18-6-9-23(22(28)15-18)34-25-17(14-16-4-7-19(29)8-5-16)2-1-3-21(25)24(33-34)26(35)32-31-20-10-12-30-13-11-20/h4-15H,1-3H2,(H,30,31)(H,32,35)/b17-14+. The first-order valence-corrected chi connectivity index (χ1v) is 11.8. The van der Waals surface area contributed by atoms with Crippen molar-refractivity contribution >= 4 is 46.4 Å². The highest BCUT2D eigenvalue weighted by atomic mass is 35.5. The molecule has 0 saturated carbocycles. The van der Waals surface area contributed by atoms with Crippen molar-refractivity contribution in [2.45, 2.75) is 19.3 Å². The van der Waals surface area contributed by atoms with Crippen molar-refractivity contribution in [1.82, 2.24) is 20.2 Å². The maximum absolute atomic E-state index is 13.4. The average molecular weight is 508 g/mol. The van der Waals surface area contributed by atoms with E-state index >= 15 is 0 Å². The number of nitrogens with zero attached hydrogens (tertiary/aromatic N) is 3. The first-order valence-electron chi connectivity index (χ1n) is 11.0. The second-order valence-electron chi connectivity index (χ2n) is 8.07. The van der Waals surface area contributed by atoms with Crippen LogP contribution in [0.2, 0.25) is 10.0 Å². The molecular formula is C26H20Cl2FN5O. The maximum Gasteiger partial charge on any atom is 0.290 e. The zero-order valence-electron chi connectivity index (χ0n) is 18.4. The maximum atomic E-state index is 13.4. The molecule has 1 amide bonds. The molecule has 0 saturated heterocycles. The Morgan fingerprint density at radius 2 is 1.80 bits per heavy atom. The van der Waals surface area contributed by atoms with Gasteiger partial charge in [0.05, 0.1) is 22.1 Å². The average Bonchev–Trinajstić information content (AvgIpc) is 3.25. The van der Waals surface area contributed by atoms with E-state index in [0.717, 1.165) is 35.2 Å². The number of anilines is 1. The van der Waals surface area contributed by atoms with Crippen molar-refractivity contribution in [1.29, 1.82) is 0 Å². The summed E-state index contributed by atoms with van der Waals surface area (Å²) < 4.78 is 15.1. The third-order valence-electron chi connectivity index (χ3n) is 5.73. The third-order valence-corrected chi connectivity index (χ3v) is 6.26. The largest absolute Gasteiger partial charge is 0.298 e. The number of rotatable bonds is 5. The van der Waals surface area contributed by atoms with Crippen molar-refractivity contribution in [3.63, 3.8) is 0 Å². The molecule has 0 spiro atoms. The SMILES string of the molecule is O=C(NNc1ccncc1)c1nn(-c2ccc(Cl)cc2Cl)c2c1CCC/C2=C\c1ccc(F)cc1. The van der Waals surface area contributed by atoms with Gasteiger partial charge in [-0.05, 0) is 78.9 Å². The molecule has 4 aromatic rings. The van der Waals surface area contributed by atoms with E-state index in [9.17, 15) is 9.18 Å². The van der Waals surface area contributed by atoms with Crippen molar-refractivity contribution in [2.75, 3.05) is 5.43 Å². The van der Waals surface area contributed by atoms with Crippen molar-refractivity contribution in [2.24, 2.45) is 0 Å². The lowest BCUT2D eigenvalue weighted by Crippen LogP contribution is -2.30. The Bertz CT molecular complexity index is 1420. The van der Waals surface area contributed by atoms with Crippen LogP contribution in [0.15, 0.2) is 67.0 Å². The Hall–Kier alpha value is -3.68. The van der Waals surface area contributed by atoms with Crippen molar-refractivity contribution < 1.29 is 9.18 Å². The van der Waals surface area contributed by atoms with Crippen LogP contribution in [0.3, 0.4) is 0 Å². The quantitative estimate of drug-likeness (QED) is 0.309. The van der Waals surface area contributed by atoms with Gasteiger partial charge < -0.3 is 0 Å². The van der Waals surface area contributed by atoms with Gasteiger partial charge in [-0.1, -0.05) is 35.3 Å². The van der Waals surface area contributed by atoms with Crippen molar-refractivity contribution in [3.05, 3.63) is 105 Å². The molecular weight excluding hydrogens is 488 g/mol. The number of halogens is 3. The molecule has 0 radical (unpaired) electrons. The molecule has 2 N–H and O–H groups in total. The summed E-state index contributed by atoms with van der Waals surface area (Å²) in [4.78, 5) is 17.2. The molecule has 0 aliphatic heterocycles. The van der Waals surface area contributed by atoms with Gasteiger partial charge in [-0.3, -0.25) is 20.6 Å². The number of pyridine rings is 1. The van der Waals surface area contributed by atoms with Crippen molar-refractivity contribution in [3.8, 4) is 5.69 Å². The molecule has 35 heavy (non-hydrogen) atoms. The zero-order valence-corrected chi connectivity index (χ0v) is 19.9. The Kier molecular flexibility index (Phi) is 6.53. The van der Waals surface area contributed by atoms with E-state index in [0.29, 0.717) is 33.5 Å². The molecule has 6 nitrogen and oxygen atoms in total. The van der Waals surface area contributed by atoms with Gasteiger partial charge in [0.1, 0.15) is 5.82 Å². The number of hydrogen-bond acceptors (Lipinski definition) is 4. The Morgan fingerprint density at radius 1 is 1.03 bits per heavy atom. The minimum Gasteiger partial charge on any atom is -0.298 e. The number of hydrogen-bond donors (Lipinski definition) is 2. The summed E-state index contributed by atoms with van der Waals surface area (Å²) in [5.41, 5.74) is 10.7. The monoisotopic (exact) mass is 507 g/mol. The van der Waals surface area contributed by atoms with Gasteiger partial charge in [-0.25, -0.2) is 9.07 Å². The number of nitrogens with one attached hydrogen (secondary N) is 2. The minimum atomic E-state index is -0.370. The topological polar surface area (TPSA) is 71.8 Å². The van der Waals surface area contributed by atoms with E-state index in [1.807, 2.05) is 6.08 Å². The predicted molar refractivity (Wildman–Crippen MR) is 136 cm³/mol. The van der Waals surface area contributed by atoms with Gasteiger partial charge in [-0.15, -0.1) is 0 Å². The van der Waals surface area contributed by atoms with E-state index in [1.54, 1.807) is 59.5 Å². The van der Waals surface area contributed by atoms with Gasteiger partial charge in [0.2, 0.25) is 0 Å². The zero-order chi connectivity index (χ0) is 24.4. The summed E-state index contributed by atoms with van der Waals surface area (Å²) >= 11 is 12.7. The van der Waals surface area contributed by atoms with Crippen LogP contribution in [0.25, 0.3) is 17.3 Å². The fourth-order valence-electron chi connectivity index (χ4n) is 4.12. The molecule has 0 bridgehead atoms. The normalized spacial score (nSPS) is 14.0. The number of benzene rings is 2. The van der Waals surface area contributed by atoms with Gasteiger partial charge >= 0.3 is 0 Å². The molecule has 2 heterocycles. The summed E-state index contributed by atoms with van der Waals surface area (Å²) in [6, 6.07) is 14.9. The lowest BCUT2D eigenvalue weighted by atomic mass is 9.89. The molecule has 0 unspecified atom stereocenters. The molecule has 0 atom stereocenters. The Balaban J connectivity index is 1.60. The molecule has 2 aromatic carbocycles. The summed E-state index contributed by atoms with van der Waals surface area (Å²) in [5.74, 6) is -0.667. The van der Waals surface area contributed by atoms with E-state index in [1.165, 1.54) is 12.1 Å². The van der Waals surface area contributed by atoms with Crippen LogP contribution in [-0.4, -0.2) is 20.7 Å². The third kappa shape index (κ3) is 4.92. The Labute approximate surface area is 211 Å². The molecule has 176 valence electrons. The number of amides is 1. The number of aromatic nitrogens is 3. The van der Waals surface area contributed by atoms with Gasteiger partial charge in [0.15, 0.2) is 5.69 Å². The van der Waals surface area contributed by atoms with Crippen LogP contribution < -0.4 is 10.9 Å². The summed E-state index contributed by atoms with van der Waals surface area (Å²) in [6.07, 6.45) is 7.55. The number of allylic oxidation sites excluding steroid dienone is 1. The van der Waals surface area contributed by atoms with Crippen LogP contribution in [0.5, 0.6) is 0 Å². The molecule has 2 aromatic heterocycles. The van der Waals surface area contributed by atoms with E-state index in [2.05, 4.69) is 15.8 Å². The molecule has 1 aliphatic rings. The first kappa shape index (κ1) is 23.1.